The first-order valence-corrected chi connectivity index (χ1v) is 8.35. The van der Waals surface area contributed by atoms with E-state index in [0.29, 0.717) is 26.3 Å². The fourth-order valence-corrected chi connectivity index (χ4v) is 2.51. The summed E-state index contributed by atoms with van der Waals surface area (Å²) in [5.41, 5.74) is 0.0936. The van der Waals surface area contributed by atoms with Crippen molar-refractivity contribution < 1.29 is 23.5 Å². The van der Waals surface area contributed by atoms with Crippen LogP contribution in [0.2, 0.25) is 0 Å². The summed E-state index contributed by atoms with van der Waals surface area (Å²) in [6.07, 6.45) is -0.392. The lowest BCUT2D eigenvalue weighted by molar-refractivity contribution is -0.137. The van der Waals surface area contributed by atoms with E-state index in [0.717, 1.165) is 5.56 Å². The maximum atomic E-state index is 13.1. The molecule has 1 atom stereocenters. The zero-order valence-corrected chi connectivity index (χ0v) is 14.9. The molecule has 1 aliphatic heterocycles. The van der Waals surface area contributed by atoms with Crippen LogP contribution < -0.4 is 5.32 Å². The Morgan fingerprint density at radius 2 is 1.84 bits per heavy atom. The Balaban J connectivity index is 2.10. The highest BCUT2D eigenvalue weighted by atomic mass is 19.1. The Bertz CT molecular complexity index is 592. The van der Waals surface area contributed by atoms with E-state index in [2.05, 4.69) is 5.32 Å². The lowest BCUT2D eigenvalue weighted by atomic mass is 10.0. The number of carbonyl (C=O) groups is 2. The van der Waals surface area contributed by atoms with Gasteiger partial charge in [0.2, 0.25) is 5.91 Å². The SMILES string of the molecule is CC(C)(C)OC(=O)N[C@@H](Cc1ccc(F)cc1)C(=O)N1CCOCC1. The zero-order chi connectivity index (χ0) is 18.4. The van der Waals surface area contributed by atoms with E-state index in [9.17, 15) is 14.0 Å². The second-order valence-corrected chi connectivity index (χ2v) is 6.97. The van der Waals surface area contributed by atoms with Crippen LogP contribution >= 0.6 is 0 Å². The van der Waals surface area contributed by atoms with Crippen LogP contribution in [0.15, 0.2) is 24.3 Å². The minimum atomic E-state index is -0.779. The quantitative estimate of drug-likeness (QED) is 0.901. The molecule has 0 aliphatic carbocycles. The van der Waals surface area contributed by atoms with Crippen molar-refractivity contribution in [3.8, 4) is 0 Å². The van der Waals surface area contributed by atoms with Gasteiger partial charge in [-0.15, -0.1) is 0 Å². The van der Waals surface area contributed by atoms with Crippen LogP contribution in [0.4, 0.5) is 9.18 Å². The Kier molecular flexibility index (Phi) is 6.36. The number of halogens is 1. The average Bonchev–Trinajstić information content (AvgIpc) is 2.54. The molecule has 2 amide bonds. The first-order valence-electron chi connectivity index (χ1n) is 8.35. The topological polar surface area (TPSA) is 67.9 Å². The summed E-state index contributed by atoms with van der Waals surface area (Å²) in [6, 6.07) is 5.09. The number of hydrogen-bond donors (Lipinski definition) is 1. The molecule has 1 N–H and O–H groups in total. The Morgan fingerprint density at radius 3 is 2.40 bits per heavy atom. The predicted octanol–water partition coefficient (Wildman–Crippen LogP) is 2.12. The van der Waals surface area contributed by atoms with Crippen molar-refractivity contribution in [2.75, 3.05) is 26.3 Å². The molecule has 0 radical (unpaired) electrons. The highest BCUT2D eigenvalue weighted by Crippen LogP contribution is 2.11. The number of benzene rings is 1. The molecule has 1 aliphatic rings. The second-order valence-electron chi connectivity index (χ2n) is 6.97. The third-order valence-corrected chi connectivity index (χ3v) is 3.66. The molecule has 0 unspecified atom stereocenters. The highest BCUT2D eigenvalue weighted by molar-refractivity contribution is 5.86. The average molecular weight is 352 g/mol. The molecule has 0 bridgehead atoms. The summed E-state index contributed by atoms with van der Waals surface area (Å²) in [7, 11) is 0. The van der Waals surface area contributed by atoms with Crippen LogP contribution in [-0.2, 0) is 20.7 Å². The standard InChI is InChI=1S/C18H25FN2O4/c1-18(2,3)25-17(23)20-15(12-13-4-6-14(19)7-5-13)16(22)21-8-10-24-11-9-21/h4-7,15H,8-12H2,1-3H3,(H,20,23)/t15-/m0/s1. The zero-order valence-electron chi connectivity index (χ0n) is 14.9. The fourth-order valence-electron chi connectivity index (χ4n) is 2.51. The van der Waals surface area contributed by atoms with Gasteiger partial charge in [-0.1, -0.05) is 12.1 Å². The summed E-state index contributed by atoms with van der Waals surface area (Å²) < 4.78 is 23.6. The minimum absolute atomic E-state index is 0.196. The molecule has 0 saturated carbocycles. The number of nitrogens with zero attached hydrogens (tertiary/aromatic N) is 1. The molecule has 1 saturated heterocycles. The van der Waals surface area contributed by atoms with Gasteiger partial charge in [0.05, 0.1) is 13.2 Å². The normalized spacial score (nSPS) is 16.2. The van der Waals surface area contributed by atoms with Gasteiger partial charge >= 0.3 is 6.09 Å². The van der Waals surface area contributed by atoms with Crippen molar-refractivity contribution in [3.63, 3.8) is 0 Å². The maximum Gasteiger partial charge on any atom is 0.408 e. The van der Waals surface area contributed by atoms with E-state index < -0.39 is 17.7 Å². The number of carbonyl (C=O) groups excluding carboxylic acids is 2. The summed E-state index contributed by atoms with van der Waals surface area (Å²) in [4.78, 5) is 26.6. The van der Waals surface area contributed by atoms with Crippen LogP contribution in [0.25, 0.3) is 0 Å². The number of alkyl carbamates (subject to hydrolysis) is 1. The lowest BCUT2D eigenvalue weighted by Crippen LogP contribution is -2.53. The summed E-state index contributed by atoms with van der Waals surface area (Å²) in [6.45, 7) is 7.18. The smallest absolute Gasteiger partial charge is 0.408 e. The molecular formula is C18H25FN2O4. The van der Waals surface area contributed by atoms with Crippen molar-refractivity contribution in [3.05, 3.63) is 35.6 Å². The van der Waals surface area contributed by atoms with Crippen LogP contribution in [0.1, 0.15) is 26.3 Å². The molecule has 7 heteroatoms. The molecule has 0 aromatic heterocycles. The van der Waals surface area contributed by atoms with E-state index in [-0.39, 0.29) is 18.1 Å². The predicted molar refractivity (Wildman–Crippen MR) is 90.7 cm³/mol. The largest absolute Gasteiger partial charge is 0.444 e. The highest BCUT2D eigenvalue weighted by Gasteiger charge is 2.29. The molecule has 1 aromatic rings. The van der Waals surface area contributed by atoms with Crippen molar-refractivity contribution in [2.24, 2.45) is 0 Å². The van der Waals surface area contributed by atoms with E-state index >= 15 is 0 Å². The summed E-state index contributed by atoms with van der Waals surface area (Å²) in [5, 5.41) is 2.65. The molecule has 0 spiro atoms. The van der Waals surface area contributed by atoms with Gasteiger partial charge in [0.1, 0.15) is 17.5 Å². The molecule has 25 heavy (non-hydrogen) atoms. The molecular weight excluding hydrogens is 327 g/mol. The van der Waals surface area contributed by atoms with Gasteiger partial charge in [-0.3, -0.25) is 4.79 Å². The number of amides is 2. The lowest BCUT2D eigenvalue weighted by Gasteiger charge is -2.31. The second kappa shape index (κ2) is 8.29. The minimum Gasteiger partial charge on any atom is -0.444 e. The fraction of sp³-hybridized carbons (Fsp3) is 0.556. The number of rotatable bonds is 4. The molecule has 2 rings (SSSR count). The van der Waals surface area contributed by atoms with Gasteiger partial charge in [-0.05, 0) is 38.5 Å². The van der Waals surface area contributed by atoms with Crippen LogP contribution in [0, 0.1) is 5.82 Å². The van der Waals surface area contributed by atoms with Gasteiger partial charge in [0.25, 0.3) is 0 Å². The molecule has 1 fully saturated rings. The number of ether oxygens (including phenoxy) is 2. The maximum absolute atomic E-state index is 13.1. The Labute approximate surface area is 147 Å². The van der Waals surface area contributed by atoms with Gasteiger partial charge in [-0.2, -0.15) is 0 Å². The van der Waals surface area contributed by atoms with Crippen LogP contribution in [0.5, 0.6) is 0 Å². The molecule has 1 heterocycles. The van der Waals surface area contributed by atoms with E-state index in [1.807, 2.05) is 0 Å². The summed E-state index contributed by atoms with van der Waals surface area (Å²) in [5.74, 6) is -0.543. The molecule has 1 aromatic carbocycles. The van der Waals surface area contributed by atoms with Crippen molar-refractivity contribution in [1.29, 1.82) is 0 Å². The van der Waals surface area contributed by atoms with Gasteiger partial charge < -0.3 is 19.7 Å². The first kappa shape index (κ1) is 19.2. The van der Waals surface area contributed by atoms with E-state index in [1.54, 1.807) is 37.8 Å². The van der Waals surface area contributed by atoms with Gasteiger partial charge in [0, 0.05) is 19.5 Å². The van der Waals surface area contributed by atoms with Crippen LogP contribution in [-0.4, -0.2) is 54.8 Å². The monoisotopic (exact) mass is 352 g/mol. The molecule has 138 valence electrons. The van der Waals surface area contributed by atoms with E-state index in [4.69, 9.17) is 9.47 Å². The van der Waals surface area contributed by atoms with Crippen molar-refractivity contribution >= 4 is 12.0 Å². The molecule has 6 nitrogen and oxygen atoms in total. The van der Waals surface area contributed by atoms with Crippen molar-refractivity contribution in [2.45, 2.75) is 38.8 Å². The van der Waals surface area contributed by atoms with E-state index in [1.165, 1.54) is 12.1 Å². The number of morpholine rings is 1. The first-order chi connectivity index (χ1) is 11.7. The van der Waals surface area contributed by atoms with Crippen molar-refractivity contribution in [1.82, 2.24) is 10.2 Å². The number of nitrogens with one attached hydrogen (secondary N) is 1. The van der Waals surface area contributed by atoms with Crippen LogP contribution in [0.3, 0.4) is 0 Å². The van der Waals surface area contributed by atoms with Gasteiger partial charge in [-0.25, -0.2) is 9.18 Å². The Hall–Kier alpha value is -2.15. The summed E-state index contributed by atoms with van der Waals surface area (Å²) >= 11 is 0. The third kappa shape index (κ3) is 6.34. The Morgan fingerprint density at radius 1 is 1.24 bits per heavy atom. The van der Waals surface area contributed by atoms with Gasteiger partial charge in [0.15, 0.2) is 0 Å². The third-order valence-electron chi connectivity index (χ3n) is 3.66. The number of hydrogen-bond acceptors (Lipinski definition) is 4.